The van der Waals surface area contributed by atoms with E-state index in [4.69, 9.17) is 4.42 Å². The monoisotopic (exact) mass is 343 g/mol. The van der Waals surface area contributed by atoms with Crippen LogP contribution in [0.4, 0.5) is 5.69 Å². The van der Waals surface area contributed by atoms with Crippen LogP contribution in [0, 0.1) is 5.92 Å². The molecule has 1 fully saturated rings. The van der Waals surface area contributed by atoms with Gasteiger partial charge in [0.25, 0.3) is 5.91 Å². The molecule has 2 atom stereocenters. The van der Waals surface area contributed by atoms with Gasteiger partial charge in [0.05, 0.1) is 11.3 Å². The summed E-state index contributed by atoms with van der Waals surface area (Å²) >= 11 is 0. The zero-order valence-electron chi connectivity index (χ0n) is 15.0. The third-order valence-corrected chi connectivity index (χ3v) is 4.68. The lowest BCUT2D eigenvalue weighted by Gasteiger charge is -2.18. The van der Waals surface area contributed by atoms with Gasteiger partial charge >= 0.3 is 0 Å². The minimum atomic E-state index is -0.0616. The van der Waals surface area contributed by atoms with E-state index in [2.05, 4.69) is 20.5 Å². The molecule has 2 aromatic rings. The van der Waals surface area contributed by atoms with Gasteiger partial charge < -0.3 is 14.6 Å². The van der Waals surface area contributed by atoms with Crippen molar-refractivity contribution < 1.29 is 9.21 Å². The van der Waals surface area contributed by atoms with E-state index >= 15 is 0 Å². The number of hydrogen-bond donors (Lipinski definition) is 1. The van der Waals surface area contributed by atoms with Crippen LogP contribution in [0.3, 0.4) is 0 Å². The van der Waals surface area contributed by atoms with Crippen LogP contribution in [0.15, 0.2) is 22.9 Å². The van der Waals surface area contributed by atoms with Gasteiger partial charge in [-0.15, -0.1) is 10.2 Å². The Bertz CT molecular complexity index is 728. The van der Waals surface area contributed by atoms with E-state index in [1.165, 1.54) is 0 Å². The molecule has 134 valence electrons. The van der Waals surface area contributed by atoms with Crippen LogP contribution >= 0.6 is 0 Å². The Balaban J connectivity index is 1.57. The average molecular weight is 343 g/mol. The van der Waals surface area contributed by atoms with Gasteiger partial charge in [0.15, 0.2) is 0 Å². The summed E-state index contributed by atoms with van der Waals surface area (Å²) in [6.45, 7) is 2.00. The molecule has 7 heteroatoms. The SMILES string of the molecule is CCc1nnc(C[C@@H]2CC[C@H](NC(=O)c3cnccc3N(C)C)C2)o1. The molecule has 0 spiro atoms. The van der Waals surface area contributed by atoms with E-state index in [0.29, 0.717) is 23.3 Å². The van der Waals surface area contributed by atoms with Gasteiger partial charge in [-0.2, -0.15) is 0 Å². The van der Waals surface area contributed by atoms with Gasteiger partial charge in [0.1, 0.15) is 0 Å². The molecule has 0 aliphatic heterocycles. The zero-order chi connectivity index (χ0) is 17.8. The number of amides is 1. The molecular weight excluding hydrogens is 318 g/mol. The first-order chi connectivity index (χ1) is 12.1. The Labute approximate surface area is 147 Å². The number of nitrogens with zero attached hydrogens (tertiary/aromatic N) is 4. The molecule has 1 amide bonds. The molecule has 2 aromatic heterocycles. The lowest BCUT2D eigenvalue weighted by molar-refractivity contribution is 0.0937. The van der Waals surface area contributed by atoms with Crippen molar-refractivity contribution in [2.75, 3.05) is 19.0 Å². The molecule has 1 saturated carbocycles. The number of nitrogens with one attached hydrogen (secondary N) is 1. The number of aryl methyl sites for hydroxylation is 1. The maximum Gasteiger partial charge on any atom is 0.255 e. The molecule has 25 heavy (non-hydrogen) atoms. The van der Waals surface area contributed by atoms with Gasteiger partial charge in [-0.05, 0) is 31.2 Å². The minimum Gasteiger partial charge on any atom is -0.425 e. The van der Waals surface area contributed by atoms with Crippen LogP contribution in [0.25, 0.3) is 0 Å². The van der Waals surface area contributed by atoms with Crippen molar-refractivity contribution in [2.45, 2.75) is 45.1 Å². The second kappa shape index (κ2) is 7.63. The lowest BCUT2D eigenvalue weighted by Crippen LogP contribution is -2.34. The molecule has 3 rings (SSSR count). The van der Waals surface area contributed by atoms with E-state index in [-0.39, 0.29) is 11.9 Å². The Kier molecular flexibility index (Phi) is 5.31. The molecule has 1 aliphatic rings. The third-order valence-electron chi connectivity index (χ3n) is 4.68. The highest BCUT2D eigenvalue weighted by Gasteiger charge is 2.28. The maximum absolute atomic E-state index is 12.6. The number of hydrogen-bond acceptors (Lipinski definition) is 6. The Morgan fingerprint density at radius 2 is 2.12 bits per heavy atom. The second-order valence-corrected chi connectivity index (χ2v) is 6.78. The number of aromatic nitrogens is 3. The summed E-state index contributed by atoms with van der Waals surface area (Å²) in [4.78, 5) is 18.6. The molecule has 0 bridgehead atoms. The molecule has 0 unspecified atom stereocenters. The normalized spacial score (nSPS) is 19.8. The van der Waals surface area contributed by atoms with Crippen LogP contribution in [-0.4, -0.2) is 41.2 Å². The standard InChI is InChI=1S/C18H25N5O2/c1-4-16-21-22-17(25-16)10-12-5-6-13(9-12)20-18(24)14-11-19-8-7-15(14)23(2)3/h7-8,11-13H,4-6,9-10H2,1-3H3,(H,20,24)/t12-,13+/m1/s1. The van der Waals surface area contributed by atoms with Crippen molar-refractivity contribution >= 4 is 11.6 Å². The molecule has 1 N–H and O–H groups in total. The van der Waals surface area contributed by atoms with E-state index in [0.717, 1.165) is 37.8 Å². The summed E-state index contributed by atoms with van der Waals surface area (Å²) < 4.78 is 5.60. The summed E-state index contributed by atoms with van der Waals surface area (Å²) in [6, 6.07) is 2.04. The van der Waals surface area contributed by atoms with Crippen LogP contribution in [0.1, 0.15) is 48.3 Å². The number of pyridine rings is 1. The van der Waals surface area contributed by atoms with Crippen LogP contribution in [0.2, 0.25) is 0 Å². The largest absolute Gasteiger partial charge is 0.425 e. The van der Waals surface area contributed by atoms with E-state index in [1.54, 1.807) is 12.4 Å². The first-order valence-electron chi connectivity index (χ1n) is 8.80. The highest BCUT2D eigenvalue weighted by Crippen LogP contribution is 2.29. The van der Waals surface area contributed by atoms with Crippen molar-refractivity contribution in [3.63, 3.8) is 0 Å². The summed E-state index contributed by atoms with van der Waals surface area (Å²) in [5, 5.41) is 11.3. The molecule has 2 heterocycles. The number of rotatable bonds is 6. The summed E-state index contributed by atoms with van der Waals surface area (Å²) in [5.41, 5.74) is 1.49. The molecular formula is C18H25N5O2. The first-order valence-corrected chi connectivity index (χ1v) is 8.80. The zero-order valence-corrected chi connectivity index (χ0v) is 15.0. The number of anilines is 1. The van der Waals surface area contributed by atoms with Crippen molar-refractivity contribution in [3.8, 4) is 0 Å². The average Bonchev–Trinajstić information content (AvgIpc) is 3.24. The molecule has 7 nitrogen and oxygen atoms in total. The van der Waals surface area contributed by atoms with Gasteiger partial charge in [-0.1, -0.05) is 6.92 Å². The van der Waals surface area contributed by atoms with Crippen LogP contribution < -0.4 is 10.2 Å². The first kappa shape index (κ1) is 17.4. The molecule has 0 aromatic carbocycles. The van der Waals surface area contributed by atoms with Gasteiger partial charge in [0.2, 0.25) is 11.8 Å². The van der Waals surface area contributed by atoms with Crippen molar-refractivity contribution in [3.05, 3.63) is 35.8 Å². The number of carbonyl (C=O) groups excluding carboxylic acids is 1. The van der Waals surface area contributed by atoms with Gasteiger partial charge in [-0.25, -0.2) is 0 Å². The minimum absolute atomic E-state index is 0.0616. The number of carbonyl (C=O) groups is 1. The van der Waals surface area contributed by atoms with Gasteiger partial charge in [-0.3, -0.25) is 9.78 Å². The fraction of sp³-hybridized carbons (Fsp3) is 0.556. The van der Waals surface area contributed by atoms with Crippen molar-refractivity contribution in [1.82, 2.24) is 20.5 Å². The van der Waals surface area contributed by atoms with E-state index < -0.39 is 0 Å². The molecule has 0 radical (unpaired) electrons. The highest BCUT2D eigenvalue weighted by atomic mass is 16.4. The Morgan fingerprint density at radius 1 is 1.32 bits per heavy atom. The Morgan fingerprint density at radius 3 is 2.84 bits per heavy atom. The second-order valence-electron chi connectivity index (χ2n) is 6.78. The van der Waals surface area contributed by atoms with Crippen molar-refractivity contribution in [1.29, 1.82) is 0 Å². The van der Waals surface area contributed by atoms with E-state index in [9.17, 15) is 4.79 Å². The summed E-state index contributed by atoms with van der Waals surface area (Å²) in [6.07, 6.45) is 7.84. The fourth-order valence-electron chi connectivity index (χ4n) is 3.37. The van der Waals surface area contributed by atoms with Crippen molar-refractivity contribution in [2.24, 2.45) is 5.92 Å². The topological polar surface area (TPSA) is 84.2 Å². The Hall–Kier alpha value is -2.44. The third kappa shape index (κ3) is 4.15. The smallest absolute Gasteiger partial charge is 0.255 e. The maximum atomic E-state index is 12.6. The van der Waals surface area contributed by atoms with Crippen LogP contribution in [0.5, 0.6) is 0 Å². The highest BCUT2D eigenvalue weighted by molar-refractivity contribution is 5.99. The predicted octanol–water partition coefficient (Wildman–Crippen LogP) is 2.23. The van der Waals surface area contributed by atoms with Gasteiger partial charge in [0, 0.05) is 45.4 Å². The van der Waals surface area contributed by atoms with E-state index in [1.807, 2.05) is 32.0 Å². The summed E-state index contributed by atoms with van der Waals surface area (Å²) in [5.74, 6) is 1.80. The lowest BCUT2D eigenvalue weighted by atomic mass is 10.0. The molecule has 0 saturated heterocycles. The molecule has 1 aliphatic carbocycles. The van der Waals surface area contributed by atoms with Crippen LogP contribution in [-0.2, 0) is 12.8 Å². The predicted molar refractivity (Wildman–Crippen MR) is 94.5 cm³/mol. The summed E-state index contributed by atoms with van der Waals surface area (Å²) in [7, 11) is 3.85. The fourth-order valence-corrected chi connectivity index (χ4v) is 3.37. The quantitative estimate of drug-likeness (QED) is 0.866.